The minimum absolute atomic E-state index is 0.293. The Morgan fingerprint density at radius 1 is 1.29 bits per heavy atom. The second kappa shape index (κ2) is 8.49. The number of rotatable bonds is 9. The van der Waals surface area contributed by atoms with Crippen LogP contribution >= 0.6 is 0 Å². The van der Waals surface area contributed by atoms with Crippen LogP contribution in [0.5, 0.6) is 5.75 Å². The van der Waals surface area contributed by atoms with Gasteiger partial charge in [-0.25, -0.2) is 0 Å². The molecule has 0 aliphatic rings. The van der Waals surface area contributed by atoms with Gasteiger partial charge in [-0.1, -0.05) is 19.1 Å². The van der Waals surface area contributed by atoms with Crippen LogP contribution in [-0.4, -0.2) is 30.9 Å². The lowest BCUT2D eigenvalue weighted by atomic mass is 10.2. The fourth-order valence-corrected chi connectivity index (χ4v) is 2.04. The summed E-state index contributed by atoms with van der Waals surface area (Å²) in [4.78, 5) is 0. The molecule has 114 valence electrons. The van der Waals surface area contributed by atoms with Crippen LogP contribution in [0.3, 0.4) is 0 Å². The average molecular weight is 289 g/mol. The van der Waals surface area contributed by atoms with Crippen LogP contribution in [0.4, 0.5) is 0 Å². The minimum atomic E-state index is -0.521. The van der Waals surface area contributed by atoms with Gasteiger partial charge in [0.15, 0.2) is 0 Å². The fraction of sp³-hybridized carbons (Fsp3) is 0.412. The summed E-state index contributed by atoms with van der Waals surface area (Å²) in [6.45, 7) is 3.68. The van der Waals surface area contributed by atoms with Crippen molar-refractivity contribution in [3.8, 4) is 5.75 Å². The maximum absolute atomic E-state index is 9.88. The molecule has 0 fully saturated rings. The number of hydrogen-bond donors (Lipinski definition) is 2. The standard InChI is InChI=1S/C17H23NO3/c1-2-14-5-3-6-17(11-14)21-13-15(19)12-18-9-8-16-7-4-10-20-16/h3-7,10-11,15,18-19H,2,8-9,12-13H2,1H3. The molecular weight excluding hydrogens is 266 g/mol. The van der Waals surface area contributed by atoms with Gasteiger partial charge < -0.3 is 19.6 Å². The van der Waals surface area contributed by atoms with Crippen molar-refractivity contribution in [3.05, 3.63) is 54.0 Å². The first-order valence-electron chi connectivity index (χ1n) is 7.41. The summed E-state index contributed by atoms with van der Waals surface area (Å²) in [5.41, 5.74) is 1.23. The largest absolute Gasteiger partial charge is 0.491 e. The van der Waals surface area contributed by atoms with Crippen LogP contribution in [0, 0.1) is 0 Å². The van der Waals surface area contributed by atoms with Crippen molar-refractivity contribution in [2.24, 2.45) is 0 Å². The maximum Gasteiger partial charge on any atom is 0.119 e. The Morgan fingerprint density at radius 3 is 2.95 bits per heavy atom. The van der Waals surface area contributed by atoms with Gasteiger partial charge in [0.25, 0.3) is 0 Å². The van der Waals surface area contributed by atoms with Gasteiger partial charge in [-0.15, -0.1) is 0 Å². The zero-order valence-electron chi connectivity index (χ0n) is 12.4. The van der Waals surface area contributed by atoms with Crippen LogP contribution < -0.4 is 10.1 Å². The predicted molar refractivity (Wildman–Crippen MR) is 82.6 cm³/mol. The van der Waals surface area contributed by atoms with Crippen LogP contribution in [0.15, 0.2) is 47.1 Å². The molecule has 2 rings (SSSR count). The molecule has 1 atom stereocenters. The van der Waals surface area contributed by atoms with E-state index in [9.17, 15) is 5.11 Å². The lowest BCUT2D eigenvalue weighted by molar-refractivity contribution is 0.106. The number of hydrogen-bond acceptors (Lipinski definition) is 4. The number of benzene rings is 1. The maximum atomic E-state index is 9.88. The third-order valence-electron chi connectivity index (χ3n) is 3.26. The molecule has 0 amide bonds. The van der Waals surface area contributed by atoms with Crippen LogP contribution in [0.2, 0.25) is 0 Å². The number of aliphatic hydroxyl groups is 1. The van der Waals surface area contributed by atoms with Gasteiger partial charge in [0, 0.05) is 19.5 Å². The molecule has 0 saturated carbocycles. The van der Waals surface area contributed by atoms with Crippen molar-refractivity contribution in [2.45, 2.75) is 25.9 Å². The van der Waals surface area contributed by atoms with E-state index >= 15 is 0 Å². The summed E-state index contributed by atoms with van der Waals surface area (Å²) in [6.07, 6.45) is 2.95. The zero-order valence-corrected chi connectivity index (χ0v) is 12.4. The van der Waals surface area contributed by atoms with E-state index in [-0.39, 0.29) is 0 Å². The molecule has 4 nitrogen and oxygen atoms in total. The highest BCUT2D eigenvalue weighted by Crippen LogP contribution is 2.13. The zero-order chi connectivity index (χ0) is 14.9. The van der Waals surface area contributed by atoms with Gasteiger partial charge in [-0.2, -0.15) is 0 Å². The molecular formula is C17H23NO3. The summed E-state index contributed by atoms with van der Waals surface area (Å²) in [5, 5.41) is 13.1. The van der Waals surface area contributed by atoms with E-state index in [1.807, 2.05) is 30.3 Å². The molecule has 1 aromatic heterocycles. The van der Waals surface area contributed by atoms with E-state index in [1.165, 1.54) is 5.56 Å². The topological polar surface area (TPSA) is 54.6 Å². The third-order valence-corrected chi connectivity index (χ3v) is 3.26. The molecule has 0 radical (unpaired) electrons. The van der Waals surface area contributed by atoms with Gasteiger partial charge in [-0.3, -0.25) is 0 Å². The molecule has 4 heteroatoms. The first-order valence-corrected chi connectivity index (χ1v) is 7.41. The molecule has 0 saturated heterocycles. The van der Waals surface area contributed by atoms with Gasteiger partial charge >= 0.3 is 0 Å². The van der Waals surface area contributed by atoms with Crippen LogP contribution in [0.25, 0.3) is 0 Å². The summed E-state index contributed by atoms with van der Waals surface area (Å²) in [7, 11) is 0. The number of furan rings is 1. The Morgan fingerprint density at radius 2 is 2.19 bits per heavy atom. The first-order chi connectivity index (χ1) is 10.3. The number of aryl methyl sites for hydroxylation is 1. The quantitative estimate of drug-likeness (QED) is 0.696. The second-order valence-corrected chi connectivity index (χ2v) is 5.00. The molecule has 2 N–H and O–H groups in total. The smallest absolute Gasteiger partial charge is 0.119 e. The minimum Gasteiger partial charge on any atom is -0.491 e. The lowest BCUT2D eigenvalue weighted by Gasteiger charge is -2.13. The van der Waals surface area contributed by atoms with Gasteiger partial charge in [0.2, 0.25) is 0 Å². The van der Waals surface area contributed by atoms with E-state index in [0.29, 0.717) is 13.2 Å². The third kappa shape index (κ3) is 5.61. The van der Waals surface area contributed by atoms with E-state index in [0.717, 1.165) is 30.9 Å². The number of aliphatic hydroxyl groups excluding tert-OH is 1. The Bertz CT molecular complexity index is 511. The highest BCUT2D eigenvalue weighted by Gasteiger charge is 2.05. The van der Waals surface area contributed by atoms with E-state index in [4.69, 9.17) is 9.15 Å². The molecule has 21 heavy (non-hydrogen) atoms. The van der Waals surface area contributed by atoms with Gasteiger partial charge in [0.05, 0.1) is 6.26 Å². The summed E-state index contributed by atoms with van der Waals surface area (Å²) in [5.74, 6) is 1.76. The average Bonchev–Trinajstić information content (AvgIpc) is 3.03. The van der Waals surface area contributed by atoms with Crippen molar-refractivity contribution in [1.29, 1.82) is 0 Å². The van der Waals surface area contributed by atoms with Crippen LogP contribution in [-0.2, 0) is 12.8 Å². The molecule has 2 aromatic rings. The van der Waals surface area contributed by atoms with E-state index < -0.39 is 6.10 Å². The Hall–Kier alpha value is -1.78. The fourth-order valence-electron chi connectivity index (χ4n) is 2.04. The first kappa shape index (κ1) is 15.6. The van der Waals surface area contributed by atoms with Crippen molar-refractivity contribution < 1.29 is 14.3 Å². The molecule has 1 heterocycles. The van der Waals surface area contributed by atoms with Gasteiger partial charge in [0.1, 0.15) is 24.2 Å². The molecule has 1 unspecified atom stereocenters. The SMILES string of the molecule is CCc1cccc(OCC(O)CNCCc2ccco2)c1. The summed E-state index contributed by atoms with van der Waals surface area (Å²) >= 11 is 0. The van der Waals surface area contributed by atoms with Crippen molar-refractivity contribution in [3.63, 3.8) is 0 Å². The highest BCUT2D eigenvalue weighted by molar-refractivity contribution is 5.28. The molecule has 0 aliphatic carbocycles. The number of ether oxygens (including phenoxy) is 1. The second-order valence-electron chi connectivity index (χ2n) is 5.00. The van der Waals surface area contributed by atoms with E-state index in [2.05, 4.69) is 18.3 Å². The van der Waals surface area contributed by atoms with Crippen molar-refractivity contribution in [1.82, 2.24) is 5.32 Å². The number of nitrogens with one attached hydrogen (secondary N) is 1. The molecule has 0 bridgehead atoms. The van der Waals surface area contributed by atoms with E-state index in [1.54, 1.807) is 6.26 Å². The Labute approximate surface area is 125 Å². The molecule has 0 spiro atoms. The normalized spacial score (nSPS) is 12.3. The van der Waals surface area contributed by atoms with Crippen molar-refractivity contribution >= 4 is 0 Å². The molecule has 1 aromatic carbocycles. The monoisotopic (exact) mass is 289 g/mol. The Balaban J connectivity index is 1.61. The Kier molecular flexibility index (Phi) is 6.31. The van der Waals surface area contributed by atoms with Crippen LogP contribution in [0.1, 0.15) is 18.2 Å². The van der Waals surface area contributed by atoms with Crippen molar-refractivity contribution in [2.75, 3.05) is 19.7 Å². The predicted octanol–water partition coefficient (Wildman–Crippen LogP) is 2.41. The summed E-state index contributed by atoms with van der Waals surface area (Å²) < 4.78 is 10.8. The summed E-state index contributed by atoms with van der Waals surface area (Å²) in [6, 6.07) is 11.8. The van der Waals surface area contributed by atoms with Gasteiger partial charge in [-0.05, 0) is 36.2 Å². The molecule has 0 aliphatic heterocycles. The lowest BCUT2D eigenvalue weighted by Crippen LogP contribution is -2.32. The highest BCUT2D eigenvalue weighted by atomic mass is 16.5.